The minimum atomic E-state index is -0.614. The van der Waals surface area contributed by atoms with Crippen LogP contribution in [-0.2, 0) is 16.0 Å². The summed E-state index contributed by atoms with van der Waals surface area (Å²) >= 11 is 0. The van der Waals surface area contributed by atoms with E-state index in [0.717, 1.165) is 12.1 Å². The van der Waals surface area contributed by atoms with Gasteiger partial charge in [0.05, 0.1) is 12.6 Å². The number of aromatic amines is 1. The highest BCUT2D eigenvalue weighted by Crippen LogP contribution is 2.20. The first-order valence-corrected chi connectivity index (χ1v) is 7.46. The van der Waals surface area contributed by atoms with Crippen molar-refractivity contribution in [2.45, 2.75) is 47.1 Å². The second kappa shape index (κ2) is 7.40. The molecule has 0 bridgehead atoms. The number of aromatic nitrogens is 2. The van der Waals surface area contributed by atoms with Crippen LogP contribution in [0.25, 0.3) is 0 Å². The van der Waals surface area contributed by atoms with Crippen LogP contribution in [-0.4, -0.2) is 34.6 Å². The van der Waals surface area contributed by atoms with Gasteiger partial charge in [0.15, 0.2) is 5.82 Å². The zero-order valence-electron chi connectivity index (χ0n) is 14.0. The van der Waals surface area contributed by atoms with Gasteiger partial charge in [-0.15, -0.1) is 0 Å². The van der Waals surface area contributed by atoms with Crippen LogP contribution in [0.1, 0.15) is 40.3 Å². The molecule has 5 N–H and O–H groups in total. The van der Waals surface area contributed by atoms with Crippen molar-refractivity contribution < 1.29 is 9.59 Å². The third-order valence-electron chi connectivity index (χ3n) is 3.06. The lowest BCUT2D eigenvalue weighted by Crippen LogP contribution is -2.46. The molecule has 22 heavy (non-hydrogen) atoms. The molecule has 1 atom stereocenters. The van der Waals surface area contributed by atoms with Crippen LogP contribution in [0.15, 0.2) is 6.07 Å². The van der Waals surface area contributed by atoms with Gasteiger partial charge in [0, 0.05) is 11.8 Å². The Bertz CT molecular complexity index is 516. The zero-order valence-corrected chi connectivity index (χ0v) is 14.0. The summed E-state index contributed by atoms with van der Waals surface area (Å²) in [5, 5.41) is 12.1. The maximum atomic E-state index is 11.8. The largest absolute Gasteiger partial charge is 0.346 e. The SMILES string of the molecule is CC(C)[C@H](N)C(=O)NCC(=O)Nc1cc(CC(C)(C)C)[nH]n1. The smallest absolute Gasteiger partial charge is 0.244 e. The fraction of sp³-hybridized carbons (Fsp3) is 0.667. The molecule has 0 radical (unpaired) electrons. The number of hydrogen-bond donors (Lipinski definition) is 4. The number of hydrogen-bond acceptors (Lipinski definition) is 4. The van der Waals surface area contributed by atoms with Gasteiger partial charge in [-0.25, -0.2) is 0 Å². The lowest BCUT2D eigenvalue weighted by molar-refractivity contribution is -0.125. The third-order valence-corrected chi connectivity index (χ3v) is 3.06. The number of nitrogens with two attached hydrogens (primary N) is 1. The van der Waals surface area contributed by atoms with E-state index in [2.05, 4.69) is 41.6 Å². The Hall–Kier alpha value is -1.89. The minimum Gasteiger partial charge on any atom is -0.346 e. The lowest BCUT2D eigenvalue weighted by atomic mass is 9.91. The van der Waals surface area contributed by atoms with Crippen molar-refractivity contribution in [2.24, 2.45) is 17.1 Å². The molecule has 1 rings (SSSR count). The molecule has 7 nitrogen and oxygen atoms in total. The van der Waals surface area contributed by atoms with Gasteiger partial charge < -0.3 is 16.4 Å². The van der Waals surface area contributed by atoms with Crippen molar-refractivity contribution in [3.05, 3.63) is 11.8 Å². The summed E-state index contributed by atoms with van der Waals surface area (Å²) < 4.78 is 0. The molecule has 1 aromatic heterocycles. The van der Waals surface area contributed by atoms with E-state index >= 15 is 0 Å². The fourth-order valence-electron chi connectivity index (χ4n) is 1.86. The Morgan fingerprint density at radius 2 is 2.00 bits per heavy atom. The van der Waals surface area contributed by atoms with Crippen LogP contribution >= 0.6 is 0 Å². The van der Waals surface area contributed by atoms with Crippen molar-refractivity contribution in [1.82, 2.24) is 15.5 Å². The van der Waals surface area contributed by atoms with Crippen molar-refractivity contribution in [3.63, 3.8) is 0 Å². The zero-order chi connectivity index (χ0) is 16.9. The lowest BCUT2D eigenvalue weighted by Gasteiger charge is -2.15. The van der Waals surface area contributed by atoms with Crippen LogP contribution in [0, 0.1) is 11.3 Å². The summed E-state index contributed by atoms with van der Waals surface area (Å²) in [6.45, 7) is 9.95. The second-order valence-corrected chi connectivity index (χ2v) is 7.05. The summed E-state index contributed by atoms with van der Waals surface area (Å²) in [6.07, 6.45) is 0.829. The highest BCUT2D eigenvalue weighted by atomic mass is 16.2. The molecule has 0 aliphatic heterocycles. The number of amides is 2. The second-order valence-electron chi connectivity index (χ2n) is 7.05. The molecule has 124 valence electrons. The highest BCUT2D eigenvalue weighted by molar-refractivity contribution is 5.94. The summed E-state index contributed by atoms with van der Waals surface area (Å²) in [5.41, 5.74) is 6.79. The fourth-order valence-corrected chi connectivity index (χ4v) is 1.86. The number of rotatable bonds is 6. The van der Waals surface area contributed by atoms with Crippen molar-refractivity contribution in [3.8, 4) is 0 Å². The van der Waals surface area contributed by atoms with Crippen molar-refractivity contribution >= 4 is 17.6 Å². The summed E-state index contributed by atoms with van der Waals surface area (Å²) in [5.74, 6) is -0.195. The molecule has 0 aliphatic rings. The number of H-pyrrole nitrogens is 1. The molecule has 0 aromatic carbocycles. The maximum absolute atomic E-state index is 11.8. The number of nitrogens with one attached hydrogen (secondary N) is 3. The van der Waals surface area contributed by atoms with E-state index in [4.69, 9.17) is 5.73 Å². The van der Waals surface area contributed by atoms with Gasteiger partial charge in [0.2, 0.25) is 11.8 Å². The van der Waals surface area contributed by atoms with Gasteiger partial charge >= 0.3 is 0 Å². The van der Waals surface area contributed by atoms with Gasteiger partial charge in [-0.1, -0.05) is 34.6 Å². The molecule has 1 aromatic rings. The van der Waals surface area contributed by atoms with Crippen LogP contribution < -0.4 is 16.4 Å². The molecule has 0 aliphatic carbocycles. The average molecular weight is 309 g/mol. The summed E-state index contributed by atoms with van der Waals surface area (Å²) in [7, 11) is 0. The van der Waals surface area contributed by atoms with Crippen LogP contribution in [0.4, 0.5) is 5.82 Å². The molecular weight excluding hydrogens is 282 g/mol. The number of carbonyl (C=O) groups is 2. The minimum absolute atomic E-state index is 0.0226. The quantitative estimate of drug-likeness (QED) is 0.628. The molecule has 1 heterocycles. The van der Waals surface area contributed by atoms with Crippen molar-refractivity contribution in [2.75, 3.05) is 11.9 Å². The molecule has 0 spiro atoms. The number of anilines is 1. The van der Waals surface area contributed by atoms with Crippen molar-refractivity contribution in [1.29, 1.82) is 0 Å². The van der Waals surface area contributed by atoms with Crippen LogP contribution in [0.3, 0.4) is 0 Å². The molecule has 0 saturated heterocycles. The molecule has 2 amide bonds. The topological polar surface area (TPSA) is 113 Å². The summed E-state index contributed by atoms with van der Waals surface area (Å²) in [6, 6.07) is 1.18. The summed E-state index contributed by atoms with van der Waals surface area (Å²) in [4.78, 5) is 23.4. The van der Waals surface area contributed by atoms with Gasteiger partial charge in [-0.2, -0.15) is 5.10 Å². The highest BCUT2D eigenvalue weighted by Gasteiger charge is 2.18. The van der Waals surface area contributed by atoms with Gasteiger partial charge in [0.1, 0.15) is 0 Å². The third kappa shape index (κ3) is 6.26. The van der Waals surface area contributed by atoms with E-state index in [9.17, 15) is 9.59 Å². The maximum Gasteiger partial charge on any atom is 0.244 e. The van der Waals surface area contributed by atoms with Crippen LogP contribution in [0.5, 0.6) is 0 Å². The van der Waals surface area contributed by atoms with E-state index in [1.54, 1.807) is 6.07 Å². The Balaban J connectivity index is 2.44. The van der Waals surface area contributed by atoms with E-state index < -0.39 is 6.04 Å². The van der Waals surface area contributed by atoms with Crippen LogP contribution in [0.2, 0.25) is 0 Å². The molecule has 0 unspecified atom stereocenters. The van der Waals surface area contributed by atoms with E-state index in [1.165, 1.54) is 0 Å². The Kier molecular flexibility index (Phi) is 6.11. The van der Waals surface area contributed by atoms with Gasteiger partial charge in [-0.3, -0.25) is 14.7 Å². The molecule has 0 saturated carbocycles. The first-order chi connectivity index (χ1) is 10.1. The predicted molar refractivity (Wildman–Crippen MR) is 86.2 cm³/mol. The standard InChI is InChI=1S/C15H27N5O2/c1-9(2)13(16)14(22)17-8-12(21)18-11-6-10(19-20-11)7-15(3,4)5/h6,9,13H,7-8,16H2,1-5H3,(H,17,22)(H2,18,19,20,21)/t13-/m0/s1. The molecule has 0 fully saturated rings. The molecule has 7 heteroatoms. The Labute approximate surface area is 131 Å². The average Bonchev–Trinajstić information content (AvgIpc) is 2.79. The predicted octanol–water partition coefficient (Wildman–Crippen LogP) is 1.04. The first-order valence-electron chi connectivity index (χ1n) is 7.46. The van der Waals surface area contributed by atoms with E-state index in [0.29, 0.717) is 5.82 Å². The van der Waals surface area contributed by atoms with E-state index in [1.807, 2.05) is 13.8 Å². The van der Waals surface area contributed by atoms with E-state index in [-0.39, 0.29) is 29.7 Å². The monoisotopic (exact) mass is 309 g/mol. The number of carbonyl (C=O) groups excluding carboxylic acids is 2. The Morgan fingerprint density at radius 1 is 1.36 bits per heavy atom. The first kappa shape index (κ1) is 18.2. The molecular formula is C15H27N5O2. The Morgan fingerprint density at radius 3 is 2.55 bits per heavy atom. The normalized spacial score (nSPS) is 13.0. The van der Waals surface area contributed by atoms with Gasteiger partial charge in [0.25, 0.3) is 0 Å². The number of nitrogens with zero attached hydrogens (tertiary/aromatic N) is 1. The van der Waals surface area contributed by atoms with Gasteiger partial charge in [-0.05, 0) is 17.8 Å².